The van der Waals surface area contributed by atoms with Crippen LogP contribution in [0.1, 0.15) is 28.6 Å². The standard InChI is InChI=1S/C14H11F3OS/c1-2-11(18)13-8-7-12(19-13)9-5-3-4-6-10(9)14(15,16)17/h3-8H,2H2,1H3. The number of rotatable bonds is 3. The van der Waals surface area contributed by atoms with Crippen LogP contribution in [0.4, 0.5) is 13.2 Å². The molecule has 0 unspecified atom stereocenters. The second-order valence-electron chi connectivity index (χ2n) is 3.98. The number of ketones is 1. The summed E-state index contributed by atoms with van der Waals surface area (Å²) in [6, 6.07) is 8.55. The molecule has 2 aromatic rings. The predicted molar refractivity (Wildman–Crippen MR) is 69.4 cm³/mol. The Bertz CT molecular complexity index is 599. The van der Waals surface area contributed by atoms with Gasteiger partial charge < -0.3 is 0 Å². The van der Waals surface area contributed by atoms with Gasteiger partial charge >= 0.3 is 6.18 Å². The molecule has 19 heavy (non-hydrogen) atoms. The lowest BCUT2D eigenvalue weighted by atomic mass is 10.1. The Morgan fingerprint density at radius 2 is 1.84 bits per heavy atom. The summed E-state index contributed by atoms with van der Waals surface area (Å²) in [6.45, 7) is 1.73. The largest absolute Gasteiger partial charge is 0.417 e. The number of thiophene rings is 1. The predicted octanol–water partition coefficient (Wildman–Crippen LogP) is 5.03. The highest BCUT2D eigenvalue weighted by atomic mass is 32.1. The third kappa shape index (κ3) is 2.87. The molecular formula is C14H11F3OS. The zero-order valence-corrected chi connectivity index (χ0v) is 10.9. The molecule has 100 valence electrons. The summed E-state index contributed by atoms with van der Waals surface area (Å²) in [6.07, 6.45) is -4.05. The third-order valence-corrected chi connectivity index (χ3v) is 3.86. The van der Waals surface area contributed by atoms with Gasteiger partial charge in [-0.25, -0.2) is 0 Å². The van der Waals surface area contributed by atoms with Gasteiger partial charge in [-0.1, -0.05) is 25.1 Å². The van der Waals surface area contributed by atoms with Gasteiger partial charge in [0, 0.05) is 16.9 Å². The second kappa shape index (κ2) is 5.17. The Hall–Kier alpha value is -1.62. The molecule has 0 amide bonds. The topological polar surface area (TPSA) is 17.1 Å². The van der Waals surface area contributed by atoms with Crippen LogP contribution in [0.25, 0.3) is 10.4 Å². The summed E-state index contributed by atoms with van der Waals surface area (Å²) in [5, 5.41) is 0. The van der Waals surface area contributed by atoms with E-state index in [4.69, 9.17) is 0 Å². The maximum absolute atomic E-state index is 12.9. The van der Waals surface area contributed by atoms with Gasteiger partial charge in [0.1, 0.15) is 0 Å². The van der Waals surface area contributed by atoms with Crippen molar-refractivity contribution in [3.8, 4) is 10.4 Å². The number of alkyl halides is 3. The highest BCUT2D eigenvalue weighted by molar-refractivity contribution is 7.17. The van der Waals surface area contributed by atoms with E-state index >= 15 is 0 Å². The lowest BCUT2D eigenvalue weighted by Gasteiger charge is -2.11. The number of benzene rings is 1. The van der Waals surface area contributed by atoms with Crippen molar-refractivity contribution in [2.75, 3.05) is 0 Å². The van der Waals surface area contributed by atoms with Gasteiger partial charge in [-0.15, -0.1) is 11.3 Å². The molecule has 0 atom stereocenters. The minimum atomic E-state index is -4.39. The first-order valence-corrected chi connectivity index (χ1v) is 6.54. The minimum absolute atomic E-state index is 0.0549. The summed E-state index contributed by atoms with van der Waals surface area (Å²) in [7, 11) is 0. The Labute approximate surface area is 112 Å². The molecule has 5 heteroatoms. The maximum atomic E-state index is 12.9. The van der Waals surface area contributed by atoms with Crippen molar-refractivity contribution in [2.45, 2.75) is 19.5 Å². The summed E-state index contributed by atoms with van der Waals surface area (Å²) in [4.78, 5) is 12.5. The fraction of sp³-hybridized carbons (Fsp3) is 0.214. The molecule has 0 N–H and O–H groups in total. The van der Waals surface area contributed by atoms with E-state index in [2.05, 4.69) is 0 Å². The smallest absolute Gasteiger partial charge is 0.293 e. The van der Waals surface area contributed by atoms with Crippen molar-refractivity contribution in [3.63, 3.8) is 0 Å². The molecule has 1 heterocycles. The number of halogens is 3. The molecule has 1 aromatic heterocycles. The molecule has 0 aliphatic heterocycles. The molecule has 0 aliphatic carbocycles. The lowest BCUT2D eigenvalue weighted by Crippen LogP contribution is -2.06. The fourth-order valence-corrected chi connectivity index (χ4v) is 2.81. The van der Waals surface area contributed by atoms with Crippen LogP contribution in [0.15, 0.2) is 36.4 Å². The number of hydrogen-bond donors (Lipinski definition) is 0. The van der Waals surface area contributed by atoms with Crippen LogP contribution in [0.3, 0.4) is 0 Å². The summed E-state index contributed by atoms with van der Waals surface area (Å²) in [5.41, 5.74) is -0.553. The average molecular weight is 284 g/mol. The monoisotopic (exact) mass is 284 g/mol. The zero-order chi connectivity index (χ0) is 14.0. The van der Waals surface area contributed by atoms with Gasteiger partial charge in [-0.2, -0.15) is 13.2 Å². The summed E-state index contributed by atoms with van der Waals surface area (Å²) >= 11 is 1.10. The van der Waals surface area contributed by atoms with E-state index in [1.165, 1.54) is 12.1 Å². The molecular weight excluding hydrogens is 273 g/mol. The van der Waals surface area contributed by atoms with E-state index < -0.39 is 11.7 Å². The van der Waals surface area contributed by atoms with Crippen molar-refractivity contribution in [1.82, 2.24) is 0 Å². The van der Waals surface area contributed by atoms with E-state index in [1.54, 1.807) is 25.1 Å². The molecule has 0 fully saturated rings. The zero-order valence-electron chi connectivity index (χ0n) is 10.1. The molecule has 0 bridgehead atoms. The van der Waals surface area contributed by atoms with Crippen LogP contribution in [0.2, 0.25) is 0 Å². The average Bonchev–Trinajstić information content (AvgIpc) is 2.86. The Kier molecular flexibility index (Phi) is 3.75. The van der Waals surface area contributed by atoms with E-state index in [9.17, 15) is 18.0 Å². The second-order valence-corrected chi connectivity index (χ2v) is 5.07. The SMILES string of the molecule is CCC(=O)c1ccc(-c2ccccc2C(F)(F)F)s1. The van der Waals surface area contributed by atoms with Crippen LogP contribution in [0, 0.1) is 0 Å². The highest BCUT2D eigenvalue weighted by Gasteiger charge is 2.33. The van der Waals surface area contributed by atoms with E-state index in [1.807, 2.05) is 0 Å². The van der Waals surface area contributed by atoms with Gasteiger partial charge in [0.2, 0.25) is 0 Å². The van der Waals surface area contributed by atoms with Crippen molar-refractivity contribution in [1.29, 1.82) is 0 Å². The Balaban J connectivity index is 2.48. The first-order chi connectivity index (χ1) is 8.93. The van der Waals surface area contributed by atoms with Crippen molar-refractivity contribution < 1.29 is 18.0 Å². The van der Waals surface area contributed by atoms with Crippen LogP contribution in [-0.4, -0.2) is 5.78 Å². The van der Waals surface area contributed by atoms with Crippen molar-refractivity contribution in [2.24, 2.45) is 0 Å². The molecule has 0 saturated carbocycles. The van der Waals surface area contributed by atoms with Gasteiger partial charge in [0.05, 0.1) is 10.4 Å². The van der Waals surface area contributed by atoms with E-state index in [0.29, 0.717) is 16.2 Å². The maximum Gasteiger partial charge on any atom is 0.417 e. The molecule has 1 nitrogen and oxygen atoms in total. The summed E-state index contributed by atoms with van der Waals surface area (Å²) in [5.74, 6) is -0.0549. The van der Waals surface area contributed by atoms with Gasteiger partial charge in [-0.3, -0.25) is 4.79 Å². The van der Waals surface area contributed by atoms with Crippen molar-refractivity contribution >= 4 is 17.1 Å². The van der Waals surface area contributed by atoms with Crippen LogP contribution in [0.5, 0.6) is 0 Å². The van der Waals surface area contributed by atoms with Crippen LogP contribution in [-0.2, 0) is 6.18 Å². The molecule has 1 aromatic carbocycles. The quantitative estimate of drug-likeness (QED) is 0.723. The number of hydrogen-bond acceptors (Lipinski definition) is 2. The number of carbonyl (C=O) groups excluding carboxylic acids is 1. The number of Topliss-reactive ketones (excluding diaryl/α,β-unsaturated/α-hetero) is 1. The van der Waals surface area contributed by atoms with Gasteiger partial charge in [0.15, 0.2) is 5.78 Å². The molecule has 2 rings (SSSR count). The van der Waals surface area contributed by atoms with Gasteiger partial charge in [-0.05, 0) is 18.2 Å². The number of carbonyl (C=O) groups is 1. The van der Waals surface area contributed by atoms with E-state index in [-0.39, 0.29) is 11.3 Å². The van der Waals surface area contributed by atoms with Crippen LogP contribution >= 0.6 is 11.3 Å². The first-order valence-electron chi connectivity index (χ1n) is 5.73. The Morgan fingerprint density at radius 1 is 1.16 bits per heavy atom. The molecule has 0 saturated heterocycles. The van der Waals surface area contributed by atoms with Gasteiger partial charge in [0.25, 0.3) is 0 Å². The normalized spacial score (nSPS) is 11.6. The molecule has 0 spiro atoms. The lowest BCUT2D eigenvalue weighted by molar-refractivity contribution is -0.137. The minimum Gasteiger partial charge on any atom is -0.293 e. The fourth-order valence-electron chi connectivity index (χ4n) is 1.75. The molecule has 0 radical (unpaired) electrons. The third-order valence-electron chi connectivity index (χ3n) is 2.70. The van der Waals surface area contributed by atoms with Crippen molar-refractivity contribution in [3.05, 3.63) is 46.8 Å². The van der Waals surface area contributed by atoms with Crippen LogP contribution < -0.4 is 0 Å². The summed E-state index contributed by atoms with van der Waals surface area (Å²) < 4.78 is 38.7. The highest BCUT2D eigenvalue weighted by Crippen LogP contribution is 2.39. The van der Waals surface area contributed by atoms with E-state index in [0.717, 1.165) is 17.4 Å². The Morgan fingerprint density at radius 3 is 2.47 bits per heavy atom. The molecule has 0 aliphatic rings. The first kappa shape index (κ1) is 13.8.